The summed E-state index contributed by atoms with van der Waals surface area (Å²) in [4.78, 5) is 20.7. The summed E-state index contributed by atoms with van der Waals surface area (Å²) in [5, 5.41) is 3.39. The van der Waals surface area contributed by atoms with Crippen molar-refractivity contribution in [3.05, 3.63) is 23.8 Å². The summed E-state index contributed by atoms with van der Waals surface area (Å²) in [6.07, 6.45) is 2.13. The van der Waals surface area contributed by atoms with Crippen LogP contribution in [0.25, 0.3) is 0 Å². The fourth-order valence-electron chi connectivity index (χ4n) is 3.46. The number of carbonyl (C=O) groups excluding carboxylic acids is 1. The number of aliphatic imine (C=N–C) groups is 1. The molecule has 0 bridgehead atoms. The maximum absolute atomic E-state index is 11.2. The molecule has 1 heterocycles. The Balaban J connectivity index is 1.86. The van der Waals surface area contributed by atoms with Crippen molar-refractivity contribution in [2.75, 3.05) is 60.6 Å². The highest BCUT2D eigenvalue weighted by molar-refractivity contribution is 5.80. The van der Waals surface area contributed by atoms with Crippen molar-refractivity contribution in [2.45, 2.75) is 32.7 Å². The fraction of sp³-hybridized carbons (Fsp3) is 0.636. The highest BCUT2D eigenvalue weighted by Gasteiger charge is 2.20. The number of methoxy groups -OCH3 is 3. The maximum Gasteiger partial charge on any atom is 0.305 e. The molecule has 0 saturated carbocycles. The minimum absolute atomic E-state index is 0.158. The first kappa shape index (κ1) is 23.8. The molecule has 0 amide bonds. The molecule has 0 spiro atoms. The molecule has 1 fully saturated rings. The van der Waals surface area contributed by atoms with Crippen LogP contribution in [-0.2, 0) is 16.1 Å². The molecular formula is C22H36N4O4. The van der Waals surface area contributed by atoms with E-state index in [2.05, 4.69) is 26.8 Å². The van der Waals surface area contributed by atoms with Crippen LogP contribution < -0.4 is 14.8 Å². The Bertz CT molecular complexity index is 688. The molecule has 30 heavy (non-hydrogen) atoms. The highest BCUT2D eigenvalue weighted by atomic mass is 16.5. The first-order valence-corrected chi connectivity index (χ1v) is 10.6. The van der Waals surface area contributed by atoms with Gasteiger partial charge in [0.1, 0.15) is 11.5 Å². The van der Waals surface area contributed by atoms with Crippen molar-refractivity contribution < 1.29 is 19.0 Å². The Morgan fingerprint density at radius 3 is 2.50 bits per heavy atom. The zero-order valence-electron chi connectivity index (χ0n) is 18.8. The van der Waals surface area contributed by atoms with Crippen LogP contribution in [0.4, 0.5) is 0 Å². The minimum Gasteiger partial charge on any atom is -0.497 e. The predicted molar refractivity (Wildman–Crippen MR) is 118 cm³/mol. The molecule has 0 atom stereocenters. The second-order valence-corrected chi connectivity index (χ2v) is 7.21. The van der Waals surface area contributed by atoms with E-state index >= 15 is 0 Å². The molecule has 1 aliphatic heterocycles. The van der Waals surface area contributed by atoms with Gasteiger partial charge in [-0.05, 0) is 38.0 Å². The smallest absolute Gasteiger partial charge is 0.305 e. The summed E-state index contributed by atoms with van der Waals surface area (Å²) in [5.74, 6) is 2.53. The van der Waals surface area contributed by atoms with Gasteiger partial charge in [-0.15, -0.1) is 0 Å². The molecule has 0 aliphatic carbocycles. The van der Waals surface area contributed by atoms with Gasteiger partial charge >= 0.3 is 5.97 Å². The lowest BCUT2D eigenvalue weighted by molar-refractivity contribution is -0.140. The van der Waals surface area contributed by atoms with Gasteiger partial charge in [0.25, 0.3) is 0 Å². The number of hydrogen-bond donors (Lipinski definition) is 1. The number of carbonyl (C=O) groups is 1. The lowest BCUT2D eigenvalue weighted by Crippen LogP contribution is -2.52. The second kappa shape index (κ2) is 13.0. The van der Waals surface area contributed by atoms with Gasteiger partial charge in [0.2, 0.25) is 0 Å². The van der Waals surface area contributed by atoms with Gasteiger partial charge in [0, 0.05) is 57.8 Å². The number of nitrogens with one attached hydrogen (secondary N) is 1. The van der Waals surface area contributed by atoms with Crippen molar-refractivity contribution in [2.24, 2.45) is 4.99 Å². The van der Waals surface area contributed by atoms with Gasteiger partial charge < -0.3 is 24.4 Å². The normalized spacial score (nSPS) is 15.1. The third kappa shape index (κ3) is 7.40. The third-order valence-electron chi connectivity index (χ3n) is 5.17. The number of guanidine groups is 1. The maximum atomic E-state index is 11.2. The van der Waals surface area contributed by atoms with Crippen molar-refractivity contribution >= 4 is 11.9 Å². The van der Waals surface area contributed by atoms with E-state index in [4.69, 9.17) is 14.5 Å². The van der Waals surface area contributed by atoms with E-state index in [0.29, 0.717) is 13.0 Å². The van der Waals surface area contributed by atoms with Crippen LogP contribution in [0.15, 0.2) is 23.2 Å². The largest absolute Gasteiger partial charge is 0.497 e. The molecular weight excluding hydrogens is 384 g/mol. The Hall–Kier alpha value is -2.48. The molecule has 1 aromatic carbocycles. The Morgan fingerprint density at radius 2 is 1.87 bits per heavy atom. The van der Waals surface area contributed by atoms with Crippen molar-refractivity contribution in [1.82, 2.24) is 15.1 Å². The quantitative estimate of drug-likeness (QED) is 0.269. The van der Waals surface area contributed by atoms with Gasteiger partial charge in [0.05, 0.1) is 21.3 Å². The average Bonchev–Trinajstić information content (AvgIpc) is 2.78. The molecule has 168 valence electrons. The summed E-state index contributed by atoms with van der Waals surface area (Å²) < 4.78 is 15.6. The number of hydrogen-bond acceptors (Lipinski definition) is 6. The topological polar surface area (TPSA) is 75.6 Å². The number of piperazine rings is 1. The summed E-state index contributed by atoms with van der Waals surface area (Å²) in [6.45, 7) is 8.19. The molecule has 1 saturated heterocycles. The number of esters is 1. The lowest BCUT2D eigenvalue weighted by atomic mass is 10.1. The number of unbranched alkanes of at least 4 members (excludes halogenated alkanes) is 1. The zero-order chi connectivity index (χ0) is 21.8. The molecule has 0 aromatic heterocycles. The number of benzene rings is 1. The summed E-state index contributed by atoms with van der Waals surface area (Å²) in [5.41, 5.74) is 1.14. The van der Waals surface area contributed by atoms with E-state index in [9.17, 15) is 4.79 Å². The Morgan fingerprint density at radius 1 is 1.10 bits per heavy atom. The number of rotatable bonds is 10. The summed E-state index contributed by atoms with van der Waals surface area (Å²) in [7, 11) is 4.81. The SMILES string of the molecule is CCNC(=NCCCCC(=O)OC)N1CCN(Cc2cc(OC)ccc2OC)CC1. The van der Waals surface area contributed by atoms with Crippen molar-refractivity contribution in [1.29, 1.82) is 0 Å². The average molecular weight is 421 g/mol. The van der Waals surface area contributed by atoms with Crippen molar-refractivity contribution in [3.8, 4) is 11.5 Å². The van der Waals surface area contributed by atoms with Crippen LogP contribution in [0.3, 0.4) is 0 Å². The Kier molecular flexibility index (Phi) is 10.3. The molecule has 1 N–H and O–H groups in total. The minimum atomic E-state index is -0.158. The van der Waals surface area contributed by atoms with E-state index in [1.165, 1.54) is 7.11 Å². The molecule has 1 aromatic rings. The van der Waals surface area contributed by atoms with Crippen LogP contribution in [0.5, 0.6) is 11.5 Å². The van der Waals surface area contributed by atoms with Crippen LogP contribution in [0, 0.1) is 0 Å². The lowest BCUT2D eigenvalue weighted by Gasteiger charge is -2.36. The molecule has 0 radical (unpaired) electrons. The van der Waals surface area contributed by atoms with Crippen LogP contribution in [0.2, 0.25) is 0 Å². The van der Waals surface area contributed by atoms with E-state index in [1.807, 2.05) is 18.2 Å². The summed E-state index contributed by atoms with van der Waals surface area (Å²) >= 11 is 0. The first-order valence-electron chi connectivity index (χ1n) is 10.6. The standard InChI is InChI=1S/C22H36N4O4/c1-5-23-22(24-11-7-6-8-21(27)30-4)26-14-12-25(13-15-26)17-18-16-19(28-2)9-10-20(18)29-3/h9-10,16H,5-8,11-15,17H2,1-4H3,(H,23,24). The molecule has 2 rings (SSSR count). The van der Waals surface area contributed by atoms with Gasteiger partial charge in [-0.3, -0.25) is 14.7 Å². The predicted octanol–water partition coefficient (Wildman–Crippen LogP) is 2.13. The van der Waals surface area contributed by atoms with Gasteiger partial charge in [0.15, 0.2) is 5.96 Å². The second-order valence-electron chi connectivity index (χ2n) is 7.21. The molecule has 8 heteroatoms. The van der Waals surface area contributed by atoms with E-state index in [0.717, 1.165) is 75.1 Å². The molecule has 0 unspecified atom stereocenters. The molecule has 8 nitrogen and oxygen atoms in total. The van der Waals surface area contributed by atoms with E-state index in [1.54, 1.807) is 14.2 Å². The first-order chi connectivity index (χ1) is 14.6. The Labute approximate surface area is 180 Å². The van der Waals surface area contributed by atoms with Gasteiger partial charge in [-0.2, -0.15) is 0 Å². The van der Waals surface area contributed by atoms with Gasteiger partial charge in [-0.1, -0.05) is 0 Å². The van der Waals surface area contributed by atoms with Crippen LogP contribution in [-0.4, -0.2) is 82.3 Å². The summed E-state index contributed by atoms with van der Waals surface area (Å²) in [6, 6.07) is 5.93. The van der Waals surface area contributed by atoms with Crippen LogP contribution in [0.1, 0.15) is 31.7 Å². The monoisotopic (exact) mass is 420 g/mol. The van der Waals surface area contributed by atoms with Crippen LogP contribution >= 0.6 is 0 Å². The van der Waals surface area contributed by atoms with Crippen molar-refractivity contribution in [3.63, 3.8) is 0 Å². The number of ether oxygens (including phenoxy) is 3. The third-order valence-corrected chi connectivity index (χ3v) is 5.17. The van der Waals surface area contributed by atoms with E-state index in [-0.39, 0.29) is 5.97 Å². The number of nitrogens with zero attached hydrogens (tertiary/aromatic N) is 3. The van der Waals surface area contributed by atoms with E-state index < -0.39 is 0 Å². The highest BCUT2D eigenvalue weighted by Crippen LogP contribution is 2.25. The van der Waals surface area contributed by atoms with Gasteiger partial charge in [-0.25, -0.2) is 0 Å². The molecule has 1 aliphatic rings. The fourth-order valence-corrected chi connectivity index (χ4v) is 3.46. The zero-order valence-corrected chi connectivity index (χ0v) is 18.8.